The Morgan fingerprint density at radius 3 is 2.84 bits per heavy atom. The van der Waals surface area contributed by atoms with Crippen LogP contribution in [0.15, 0.2) is 65.1 Å². The van der Waals surface area contributed by atoms with E-state index in [2.05, 4.69) is 86.5 Å². The molecule has 2 heterocycles. The van der Waals surface area contributed by atoms with E-state index < -0.39 is 0 Å². The Labute approximate surface area is 155 Å². The van der Waals surface area contributed by atoms with Crippen molar-refractivity contribution < 1.29 is 0 Å². The summed E-state index contributed by atoms with van der Waals surface area (Å²) in [5.74, 6) is 0. The van der Waals surface area contributed by atoms with Gasteiger partial charge < -0.3 is 9.88 Å². The zero-order chi connectivity index (χ0) is 16.8. The number of benzene rings is 3. The van der Waals surface area contributed by atoms with E-state index in [4.69, 9.17) is 0 Å². The van der Waals surface area contributed by atoms with Gasteiger partial charge in [0, 0.05) is 34.2 Å². The summed E-state index contributed by atoms with van der Waals surface area (Å²) in [5, 5.41) is 7.59. The van der Waals surface area contributed by atoms with Gasteiger partial charge in [0.15, 0.2) is 0 Å². The number of fused-ring (bicyclic) bond motifs is 4. The van der Waals surface area contributed by atoms with E-state index in [1.165, 1.54) is 38.5 Å². The highest BCUT2D eigenvalue weighted by molar-refractivity contribution is 9.10. The zero-order valence-electron chi connectivity index (χ0n) is 13.9. The van der Waals surface area contributed by atoms with Crippen molar-refractivity contribution in [2.45, 2.75) is 19.5 Å². The maximum atomic E-state index is 3.59. The normalized spacial score (nSPS) is 14.1. The first-order valence-corrected chi connectivity index (χ1v) is 9.57. The predicted octanol–water partition coefficient (Wildman–Crippen LogP) is 5.25. The maximum Gasteiger partial charge on any atom is 0.0489 e. The second-order valence-corrected chi connectivity index (χ2v) is 7.65. The fourth-order valence-corrected chi connectivity index (χ4v) is 4.52. The van der Waals surface area contributed by atoms with Crippen LogP contribution in [0.2, 0.25) is 0 Å². The fourth-order valence-electron chi connectivity index (χ4n) is 4.14. The van der Waals surface area contributed by atoms with E-state index in [1.807, 2.05) is 0 Å². The summed E-state index contributed by atoms with van der Waals surface area (Å²) in [6.07, 6.45) is 1.12. The Hall–Kier alpha value is -2.10. The molecule has 0 saturated heterocycles. The van der Waals surface area contributed by atoms with E-state index in [0.29, 0.717) is 0 Å². The molecule has 25 heavy (non-hydrogen) atoms. The molecule has 0 saturated carbocycles. The molecule has 0 atom stereocenters. The van der Waals surface area contributed by atoms with Crippen molar-refractivity contribution in [3.05, 3.63) is 82.0 Å². The fraction of sp³-hybridized carbons (Fsp3) is 0.182. The molecule has 0 fully saturated rings. The molecule has 0 aliphatic carbocycles. The molecular formula is C22H19BrN2. The molecule has 2 nitrogen and oxygen atoms in total. The summed E-state index contributed by atoms with van der Waals surface area (Å²) < 4.78 is 3.64. The molecule has 0 amide bonds. The lowest BCUT2D eigenvalue weighted by Crippen LogP contribution is -2.25. The lowest BCUT2D eigenvalue weighted by molar-refractivity contribution is 0.603. The summed E-state index contributed by atoms with van der Waals surface area (Å²) in [4.78, 5) is 0. The molecule has 0 bridgehead atoms. The molecule has 3 aromatic carbocycles. The number of para-hydroxylation sites is 1. The van der Waals surface area contributed by atoms with Gasteiger partial charge in [-0.2, -0.15) is 0 Å². The van der Waals surface area contributed by atoms with Crippen molar-refractivity contribution in [2.75, 3.05) is 6.54 Å². The van der Waals surface area contributed by atoms with Crippen LogP contribution in [0, 0.1) is 0 Å². The van der Waals surface area contributed by atoms with E-state index >= 15 is 0 Å². The molecule has 0 unspecified atom stereocenters. The third-order valence-electron chi connectivity index (χ3n) is 5.30. The molecular weight excluding hydrogens is 372 g/mol. The minimum Gasteiger partial charge on any atom is -0.339 e. The van der Waals surface area contributed by atoms with Crippen LogP contribution < -0.4 is 5.32 Å². The SMILES string of the molecule is Brc1ccc2c(Cn3c4c(c5ccccc53)CCNC4)cccc2c1. The van der Waals surface area contributed by atoms with Gasteiger partial charge in [0.25, 0.3) is 0 Å². The molecule has 1 N–H and O–H groups in total. The van der Waals surface area contributed by atoms with Gasteiger partial charge in [-0.1, -0.05) is 58.4 Å². The highest BCUT2D eigenvalue weighted by Crippen LogP contribution is 2.31. The van der Waals surface area contributed by atoms with Gasteiger partial charge in [-0.15, -0.1) is 0 Å². The summed E-state index contributed by atoms with van der Waals surface area (Å²) in [6, 6.07) is 22.0. The monoisotopic (exact) mass is 390 g/mol. The van der Waals surface area contributed by atoms with Crippen LogP contribution in [0.1, 0.15) is 16.8 Å². The van der Waals surface area contributed by atoms with Gasteiger partial charge in [0.1, 0.15) is 0 Å². The number of nitrogens with one attached hydrogen (secondary N) is 1. The maximum absolute atomic E-state index is 3.59. The van der Waals surface area contributed by atoms with Gasteiger partial charge in [0.2, 0.25) is 0 Å². The van der Waals surface area contributed by atoms with Gasteiger partial charge in [-0.05, 0) is 53.1 Å². The van der Waals surface area contributed by atoms with E-state index in [1.54, 1.807) is 0 Å². The van der Waals surface area contributed by atoms with E-state index in [0.717, 1.165) is 30.5 Å². The second-order valence-electron chi connectivity index (χ2n) is 6.74. The first-order valence-electron chi connectivity index (χ1n) is 8.78. The van der Waals surface area contributed by atoms with Crippen molar-refractivity contribution in [2.24, 2.45) is 0 Å². The number of rotatable bonds is 2. The van der Waals surface area contributed by atoms with Crippen molar-refractivity contribution in [1.82, 2.24) is 9.88 Å². The van der Waals surface area contributed by atoms with Gasteiger partial charge in [-0.25, -0.2) is 0 Å². The van der Waals surface area contributed by atoms with Crippen LogP contribution in [0.25, 0.3) is 21.7 Å². The van der Waals surface area contributed by atoms with Crippen LogP contribution in [-0.4, -0.2) is 11.1 Å². The largest absolute Gasteiger partial charge is 0.339 e. The van der Waals surface area contributed by atoms with Gasteiger partial charge >= 0.3 is 0 Å². The summed E-state index contributed by atoms with van der Waals surface area (Å²) in [5.41, 5.74) is 5.70. The summed E-state index contributed by atoms with van der Waals surface area (Å²) >= 11 is 3.59. The Morgan fingerprint density at radius 1 is 0.960 bits per heavy atom. The van der Waals surface area contributed by atoms with E-state index in [9.17, 15) is 0 Å². The highest BCUT2D eigenvalue weighted by atomic mass is 79.9. The number of aromatic nitrogens is 1. The average Bonchev–Trinajstić information content (AvgIpc) is 2.96. The van der Waals surface area contributed by atoms with Crippen molar-refractivity contribution in [1.29, 1.82) is 0 Å². The standard InChI is InChI=1S/C22H19BrN2/c23-17-8-9-18-15(12-17)4-3-5-16(18)14-25-21-7-2-1-6-19(21)20-10-11-24-13-22(20)25/h1-9,12,24H,10-11,13-14H2. The third kappa shape index (κ3) is 2.50. The number of hydrogen-bond donors (Lipinski definition) is 1. The number of hydrogen-bond acceptors (Lipinski definition) is 1. The Kier molecular flexibility index (Phi) is 3.65. The molecule has 124 valence electrons. The second kappa shape index (κ2) is 6.01. The van der Waals surface area contributed by atoms with Crippen LogP contribution in [0.3, 0.4) is 0 Å². The van der Waals surface area contributed by atoms with Crippen molar-refractivity contribution in [3.8, 4) is 0 Å². The average molecular weight is 391 g/mol. The zero-order valence-corrected chi connectivity index (χ0v) is 15.5. The van der Waals surface area contributed by atoms with Gasteiger partial charge in [0.05, 0.1) is 0 Å². The number of halogens is 1. The number of nitrogens with zero attached hydrogens (tertiary/aromatic N) is 1. The first-order chi connectivity index (χ1) is 12.3. The summed E-state index contributed by atoms with van der Waals surface area (Å²) in [7, 11) is 0. The molecule has 0 radical (unpaired) electrons. The Morgan fingerprint density at radius 2 is 1.88 bits per heavy atom. The lowest BCUT2D eigenvalue weighted by Gasteiger charge is -2.18. The smallest absolute Gasteiger partial charge is 0.0489 e. The molecule has 4 aromatic rings. The predicted molar refractivity (Wildman–Crippen MR) is 108 cm³/mol. The lowest BCUT2D eigenvalue weighted by atomic mass is 10.0. The Bertz CT molecular complexity index is 1090. The minimum absolute atomic E-state index is 0.913. The molecule has 1 aromatic heterocycles. The van der Waals surface area contributed by atoms with Crippen molar-refractivity contribution in [3.63, 3.8) is 0 Å². The quantitative estimate of drug-likeness (QED) is 0.494. The molecule has 0 spiro atoms. The first kappa shape index (κ1) is 15.2. The van der Waals surface area contributed by atoms with Crippen LogP contribution in [0.5, 0.6) is 0 Å². The summed E-state index contributed by atoms with van der Waals surface area (Å²) in [6.45, 7) is 2.94. The van der Waals surface area contributed by atoms with Crippen molar-refractivity contribution >= 4 is 37.6 Å². The van der Waals surface area contributed by atoms with Crippen LogP contribution in [-0.2, 0) is 19.5 Å². The van der Waals surface area contributed by atoms with Gasteiger partial charge in [-0.3, -0.25) is 0 Å². The highest BCUT2D eigenvalue weighted by Gasteiger charge is 2.19. The Balaban J connectivity index is 1.71. The third-order valence-corrected chi connectivity index (χ3v) is 5.79. The van der Waals surface area contributed by atoms with Crippen LogP contribution in [0.4, 0.5) is 0 Å². The topological polar surface area (TPSA) is 17.0 Å². The van der Waals surface area contributed by atoms with Crippen LogP contribution >= 0.6 is 15.9 Å². The van der Waals surface area contributed by atoms with E-state index in [-0.39, 0.29) is 0 Å². The molecule has 5 rings (SSSR count). The minimum atomic E-state index is 0.913. The molecule has 1 aliphatic rings. The molecule has 1 aliphatic heterocycles. The molecule has 3 heteroatoms.